The fourth-order valence-corrected chi connectivity index (χ4v) is 3.60. The lowest BCUT2D eigenvalue weighted by Gasteiger charge is -2.44. The third-order valence-corrected chi connectivity index (χ3v) is 4.97. The molecule has 2 heterocycles. The topological polar surface area (TPSA) is 53.0 Å². The largest absolute Gasteiger partial charge is 0.444 e. The van der Waals surface area contributed by atoms with Gasteiger partial charge in [-0.15, -0.1) is 0 Å². The SMILES string of the molecule is CC(C)(C)OC(=O)N1CCC2(CC1)CCN(C(C)(C)C)C2O. The number of aliphatic hydroxyl groups excluding tert-OH is 1. The number of hydrogen-bond donors (Lipinski definition) is 1. The number of likely N-dealkylation sites (tertiary alicyclic amines) is 2. The van der Waals surface area contributed by atoms with Crippen LogP contribution in [0, 0.1) is 5.41 Å². The van der Waals surface area contributed by atoms with Crippen LogP contribution in [0.1, 0.15) is 60.8 Å². The maximum Gasteiger partial charge on any atom is 0.410 e. The highest BCUT2D eigenvalue weighted by Gasteiger charge is 2.51. The van der Waals surface area contributed by atoms with Crippen LogP contribution in [0.3, 0.4) is 0 Å². The van der Waals surface area contributed by atoms with Crippen molar-refractivity contribution in [3.05, 3.63) is 0 Å². The predicted octanol–water partition coefficient (Wildman–Crippen LogP) is 2.83. The van der Waals surface area contributed by atoms with Crippen molar-refractivity contribution < 1.29 is 14.6 Å². The maximum atomic E-state index is 12.2. The quantitative estimate of drug-likeness (QED) is 0.747. The van der Waals surface area contributed by atoms with Crippen LogP contribution in [0.2, 0.25) is 0 Å². The van der Waals surface area contributed by atoms with Gasteiger partial charge in [0.1, 0.15) is 11.8 Å². The predicted molar refractivity (Wildman–Crippen MR) is 86.6 cm³/mol. The summed E-state index contributed by atoms with van der Waals surface area (Å²) in [7, 11) is 0. The van der Waals surface area contributed by atoms with Crippen LogP contribution in [-0.2, 0) is 4.74 Å². The van der Waals surface area contributed by atoms with Gasteiger partial charge in [0.05, 0.1) is 0 Å². The monoisotopic (exact) mass is 312 g/mol. The molecule has 2 saturated heterocycles. The Labute approximate surface area is 134 Å². The number of amides is 1. The zero-order valence-electron chi connectivity index (χ0n) is 15.0. The van der Waals surface area contributed by atoms with Gasteiger partial charge in [0.15, 0.2) is 0 Å². The third-order valence-electron chi connectivity index (χ3n) is 4.97. The van der Waals surface area contributed by atoms with Gasteiger partial charge in [-0.3, -0.25) is 4.90 Å². The molecule has 0 aromatic rings. The summed E-state index contributed by atoms with van der Waals surface area (Å²) >= 11 is 0. The van der Waals surface area contributed by atoms with Crippen LogP contribution in [0.25, 0.3) is 0 Å². The van der Waals surface area contributed by atoms with Gasteiger partial charge < -0.3 is 14.7 Å². The van der Waals surface area contributed by atoms with Crippen molar-refractivity contribution in [1.29, 1.82) is 0 Å². The van der Waals surface area contributed by atoms with Crippen molar-refractivity contribution in [1.82, 2.24) is 9.80 Å². The number of ether oxygens (including phenoxy) is 1. The van der Waals surface area contributed by atoms with Crippen LogP contribution in [0.4, 0.5) is 4.79 Å². The average Bonchev–Trinajstić information content (AvgIpc) is 2.65. The molecule has 0 aromatic heterocycles. The number of carbonyl (C=O) groups is 1. The van der Waals surface area contributed by atoms with E-state index in [1.54, 1.807) is 4.90 Å². The summed E-state index contributed by atoms with van der Waals surface area (Å²) in [6.07, 6.45) is 2.06. The first-order chi connectivity index (χ1) is 9.95. The standard InChI is InChI=1S/C17H32N2O3/c1-15(2,3)19-12-9-17(13(19)20)7-10-18(11-8-17)14(21)22-16(4,5)6/h13,20H,7-12H2,1-6H3. The lowest BCUT2D eigenvalue weighted by atomic mass is 9.76. The molecule has 5 nitrogen and oxygen atoms in total. The van der Waals surface area contributed by atoms with Crippen molar-refractivity contribution in [2.45, 2.75) is 78.2 Å². The number of piperidine rings is 1. The van der Waals surface area contributed by atoms with E-state index in [4.69, 9.17) is 4.74 Å². The summed E-state index contributed by atoms with van der Waals surface area (Å²) in [6, 6.07) is 0. The normalized spacial score (nSPS) is 26.5. The molecule has 0 bridgehead atoms. The van der Waals surface area contributed by atoms with Crippen LogP contribution < -0.4 is 0 Å². The number of nitrogens with zero attached hydrogens (tertiary/aromatic N) is 2. The average molecular weight is 312 g/mol. The van der Waals surface area contributed by atoms with Crippen molar-refractivity contribution in [2.75, 3.05) is 19.6 Å². The fraction of sp³-hybridized carbons (Fsp3) is 0.941. The first kappa shape index (κ1) is 17.5. The van der Waals surface area contributed by atoms with Gasteiger partial charge in [0.25, 0.3) is 0 Å². The molecule has 5 heteroatoms. The Hall–Kier alpha value is -0.810. The first-order valence-corrected chi connectivity index (χ1v) is 8.37. The summed E-state index contributed by atoms with van der Waals surface area (Å²) < 4.78 is 5.44. The van der Waals surface area contributed by atoms with E-state index in [-0.39, 0.29) is 17.0 Å². The molecule has 2 aliphatic heterocycles. The number of carbonyl (C=O) groups excluding carboxylic acids is 1. The highest BCUT2D eigenvalue weighted by atomic mass is 16.6. The minimum atomic E-state index is -0.456. The number of rotatable bonds is 0. The van der Waals surface area contributed by atoms with E-state index >= 15 is 0 Å². The Morgan fingerprint density at radius 3 is 1.95 bits per heavy atom. The number of aliphatic hydroxyl groups is 1. The first-order valence-electron chi connectivity index (χ1n) is 8.37. The van der Waals surface area contributed by atoms with Gasteiger partial charge in [-0.25, -0.2) is 4.79 Å². The van der Waals surface area contributed by atoms with Crippen molar-refractivity contribution >= 4 is 6.09 Å². The minimum Gasteiger partial charge on any atom is -0.444 e. The van der Waals surface area contributed by atoms with Crippen molar-refractivity contribution in [2.24, 2.45) is 5.41 Å². The summed E-state index contributed by atoms with van der Waals surface area (Å²) in [4.78, 5) is 16.1. The lowest BCUT2D eigenvalue weighted by Crippen LogP contribution is -2.52. The maximum absolute atomic E-state index is 12.2. The van der Waals surface area contributed by atoms with E-state index in [1.165, 1.54) is 0 Å². The Morgan fingerprint density at radius 1 is 1.05 bits per heavy atom. The summed E-state index contributed by atoms with van der Waals surface area (Å²) in [6.45, 7) is 14.4. The van der Waals surface area contributed by atoms with Crippen LogP contribution in [0.5, 0.6) is 0 Å². The van der Waals surface area contributed by atoms with E-state index in [1.807, 2.05) is 20.8 Å². The summed E-state index contributed by atoms with van der Waals surface area (Å²) in [5.41, 5.74) is -0.543. The molecule has 1 unspecified atom stereocenters. The third kappa shape index (κ3) is 3.57. The van der Waals surface area contributed by atoms with Gasteiger partial charge >= 0.3 is 6.09 Å². The minimum absolute atomic E-state index is 0.0226. The molecule has 0 aliphatic carbocycles. The van der Waals surface area contributed by atoms with E-state index in [9.17, 15) is 9.90 Å². The second-order valence-electron chi connectivity index (χ2n) is 8.82. The smallest absolute Gasteiger partial charge is 0.410 e. The molecule has 0 saturated carbocycles. The zero-order chi connectivity index (χ0) is 16.8. The molecule has 22 heavy (non-hydrogen) atoms. The highest BCUT2D eigenvalue weighted by Crippen LogP contribution is 2.46. The zero-order valence-corrected chi connectivity index (χ0v) is 15.0. The Morgan fingerprint density at radius 2 is 1.55 bits per heavy atom. The fourth-order valence-electron chi connectivity index (χ4n) is 3.60. The molecule has 2 aliphatic rings. The van der Waals surface area contributed by atoms with E-state index in [2.05, 4.69) is 25.7 Å². The molecule has 128 valence electrons. The highest BCUT2D eigenvalue weighted by molar-refractivity contribution is 5.68. The molecule has 1 N–H and O–H groups in total. The van der Waals surface area contributed by atoms with Gasteiger partial charge in [-0.2, -0.15) is 0 Å². The lowest BCUT2D eigenvalue weighted by molar-refractivity contribution is -0.0963. The molecule has 0 radical (unpaired) electrons. The Bertz CT molecular complexity index is 415. The van der Waals surface area contributed by atoms with Crippen LogP contribution in [-0.4, -0.2) is 58.0 Å². The Balaban J connectivity index is 1.96. The molecule has 0 aromatic carbocycles. The molecule has 2 rings (SSSR count). The molecule has 1 amide bonds. The summed E-state index contributed by atoms with van der Waals surface area (Å²) in [5.74, 6) is 0. The second kappa shape index (κ2) is 5.68. The Kier molecular flexibility index (Phi) is 4.53. The van der Waals surface area contributed by atoms with E-state index in [0.29, 0.717) is 13.1 Å². The van der Waals surface area contributed by atoms with E-state index in [0.717, 1.165) is 25.8 Å². The summed E-state index contributed by atoms with van der Waals surface area (Å²) in [5, 5.41) is 10.8. The number of hydrogen-bond acceptors (Lipinski definition) is 4. The van der Waals surface area contributed by atoms with Gasteiger partial charge in [0.2, 0.25) is 0 Å². The molecule has 2 fully saturated rings. The van der Waals surface area contributed by atoms with Crippen molar-refractivity contribution in [3.8, 4) is 0 Å². The van der Waals surface area contributed by atoms with Crippen molar-refractivity contribution in [3.63, 3.8) is 0 Å². The molecular weight excluding hydrogens is 280 g/mol. The van der Waals surface area contributed by atoms with Gasteiger partial charge in [-0.1, -0.05) is 0 Å². The molecular formula is C17H32N2O3. The van der Waals surface area contributed by atoms with Crippen LogP contribution >= 0.6 is 0 Å². The van der Waals surface area contributed by atoms with Gasteiger partial charge in [-0.05, 0) is 60.8 Å². The van der Waals surface area contributed by atoms with E-state index < -0.39 is 11.8 Å². The molecule has 1 atom stereocenters. The molecule has 1 spiro atoms. The van der Waals surface area contributed by atoms with Gasteiger partial charge in [0, 0.05) is 30.6 Å². The second-order valence-corrected chi connectivity index (χ2v) is 8.82. The van der Waals surface area contributed by atoms with Crippen LogP contribution in [0.15, 0.2) is 0 Å².